The van der Waals surface area contributed by atoms with Crippen LogP contribution in [0.25, 0.3) is 0 Å². The van der Waals surface area contributed by atoms with Gasteiger partial charge in [0, 0.05) is 20.1 Å². The van der Waals surface area contributed by atoms with Crippen LogP contribution in [0.3, 0.4) is 0 Å². The van der Waals surface area contributed by atoms with Crippen LogP contribution in [0, 0.1) is 0 Å². The molecule has 0 saturated carbocycles. The number of hydrogen-bond donors (Lipinski definition) is 0. The molecule has 0 unspecified atom stereocenters. The predicted molar refractivity (Wildman–Crippen MR) is 137 cm³/mol. The summed E-state index contributed by atoms with van der Waals surface area (Å²) >= 11 is 24.9. The molecular formula is C24H17BCl4K-. The van der Waals surface area contributed by atoms with Crippen molar-refractivity contribution in [2.24, 2.45) is 0 Å². The summed E-state index contributed by atoms with van der Waals surface area (Å²) in [6, 6.07) is 32.1. The van der Waals surface area contributed by atoms with Gasteiger partial charge in [0.25, 0.3) is 0 Å². The molecule has 0 fully saturated rings. The molecule has 4 aromatic carbocycles. The fourth-order valence-corrected chi connectivity index (χ4v) is 4.66. The Kier molecular flexibility index (Phi) is 8.59. The fourth-order valence-electron chi connectivity index (χ4n) is 4.16. The Morgan fingerprint density at radius 3 is 0.667 bits per heavy atom. The first kappa shape index (κ1) is 24.4. The predicted octanol–water partition coefficient (Wildman–Crippen LogP) is 5.03. The molecule has 0 atom stereocenters. The molecule has 0 spiro atoms. The van der Waals surface area contributed by atoms with Gasteiger partial charge in [-0.05, 0) is 48.5 Å². The first-order chi connectivity index (χ1) is 14.0. The van der Waals surface area contributed by atoms with Gasteiger partial charge in [-0.1, -0.05) is 94.9 Å². The first-order valence-corrected chi connectivity index (χ1v) is 10.7. The Bertz CT molecular complexity index is 922. The molecule has 4 aromatic rings. The van der Waals surface area contributed by atoms with Crippen molar-refractivity contribution in [3.05, 3.63) is 117 Å². The fraction of sp³-hybridized carbons (Fsp3) is 0. The molecule has 0 aliphatic rings. The van der Waals surface area contributed by atoms with Gasteiger partial charge in [-0.3, -0.25) is 0 Å². The number of benzene rings is 4. The normalized spacial score (nSPS) is 11.1. The van der Waals surface area contributed by atoms with E-state index in [0.717, 1.165) is 21.9 Å². The SMILES string of the molecule is Clc1ccc([B-](c2ccc(Cl)cc2)(c2ccc(Cl)cc2)c2ccc(Cl)cc2)cc1.[KH]. The molecule has 0 heterocycles. The van der Waals surface area contributed by atoms with E-state index in [2.05, 4.69) is 48.5 Å². The minimum atomic E-state index is -1.51. The molecule has 0 nitrogen and oxygen atoms in total. The van der Waals surface area contributed by atoms with Crippen molar-refractivity contribution >= 4 is 126 Å². The van der Waals surface area contributed by atoms with E-state index in [0.29, 0.717) is 20.1 Å². The molecule has 6 heteroatoms. The van der Waals surface area contributed by atoms with Gasteiger partial charge < -0.3 is 0 Å². The second-order valence-electron chi connectivity index (χ2n) is 7.07. The second kappa shape index (κ2) is 10.6. The minimum absolute atomic E-state index is 0. The quantitative estimate of drug-likeness (QED) is 0.348. The molecule has 0 aliphatic heterocycles. The molecule has 0 N–H and O–H groups in total. The molecule has 0 aromatic heterocycles. The van der Waals surface area contributed by atoms with Crippen molar-refractivity contribution in [3.8, 4) is 0 Å². The number of halogens is 4. The monoisotopic (exact) mass is 495 g/mol. The van der Waals surface area contributed by atoms with E-state index in [1.54, 1.807) is 0 Å². The summed E-state index contributed by atoms with van der Waals surface area (Å²) in [5, 5.41) is 2.78. The molecule has 0 aliphatic carbocycles. The van der Waals surface area contributed by atoms with E-state index in [1.165, 1.54) is 0 Å². The molecule has 146 valence electrons. The van der Waals surface area contributed by atoms with Crippen molar-refractivity contribution < 1.29 is 0 Å². The maximum atomic E-state index is 6.22. The summed E-state index contributed by atoms with van der Waals surface area (Å²) in [5.74, 6) is 0. The number of hydrogen-bond acceptors (Lipinski definition) is 0. The van der Waals surface area contributed by atoms with Crippen molar-refractivity contribution in [3.63, 3.8) is 0 Å². The van der Waals surface area contributed by atoms with Gasteiger partial charge in [0.15, 0.2) is 0 Å². The Hall–Kier alpha value is -0.259. The molecule has 0 bridgehead atoms. The molecular weight excluding hydrogens is 480 g/mol. The number of rotatable bonds is 4. The average Bonchev–Trinajstić information content (AvgIpc) is 2.73. The van der Waals surface area contributed by atoms with E-state index >= 15 is 0 Å². The van der Waals surface area contributed by atoms with Gasteiger partial charge in [-0.15, -0.1) is 0 Å². The summed E-state index contributed by atoms with van der Waals surface area (Å²) in [5.41, 5.74) is 4.56. The van der Waals surface area contributed by atoms with E-state index in [9.17, 15) is 0 Å². The van der Waals surface area contributed by atoms with Gasteiger partial charge in [0.05, 0.1) is 0 Å². The van der Waals surface area contributed by atoms with Crippen LogP contribution in [0.4, 0.5) is 0 Å². The Labute approximate surface area is 239 Å². The van der Waals surface area contributed by atoms with E-state index in [-0.39, 0.29) is 51.4 Å². The van der Waals surface area contributed by atoms with E-state index in [1.807, 2.05) is 48.5 Å². The zero-order chi connectivity index (χ0) is 20.4. The Balaban J connectivity index is 0.00000256. The summed E-state index contributed by atoms with van der Waals surface area (Å²) < 4.78 is 0. The average molecular weight is 497 g/mol. The van der Waals surface area contributed by atoms with Crippen LogP contribution in [0.15, 0.2) is 97.1 Å². The van der Waals surface area contributed by atoms with Crippen LogP contribution in [-0.2, 0) is 0 Å². The molecule has 4 rings (SSSR count). The van der Waals surface area contributed by atoms with Crippen molar-refractivity contribution in [2.75, 3.05) is 0 Å². The molecule has 0 amide bonds. The maximum absolute atomic E-state index is 6.22. The zero-order valence-electron chi connectivity index (χ0n) is 15.3. The van der Waals surface area contributed by atoms with Gasteiger partial charge in [-0.2, -0.15) is 21.9 Å². The van der Waals surface area contributed by atoms with Crippen LogP contribution in [0.2, 0.25) is 20.1 Å². The van der Waals surface area contributed by atoms with Gasteiger partial charge in [-0.25, -0.2) is 0 Å². The third-order valence-corrected chi connectivity index (χ3v) is 6.49. The second-order valence-corrected chi connectivity index (χ2v) is 8.82. The van der Waals surface area contributed by atoms with Gasteiger partial charge in [0.2, 0.25) is 0 Å². The molecule has 0 saturated heterocycles. The summed E-state index contributed by atoms with van der Waals surface area (Å²) in [4.78, 5) is 0. The van der Waals surface area contributed by atoms with Gasteiger partial charge in [0.1, 0.15) is 6.15 Å². The third kappa shape index (κ3) is 4.88. The standard InChI is InChI=1S/C24H16BCl4.K.H/c26-21-9-1-17(2-10-21)25(18-3-11-22(27)12-4-18,19-5-13-23(28)14-6-19)20-7-15-24(29)16-8-20;;/h1-16H;;/q-1;;. The zero-order valence-corrected chi connectivity index (χ0v) is 18.4. The van der Waals surface area contributed by atoms with E-state index in [4.69, 9.17) is 46.4 Å². The van der Waals surface area contributed by atoms with Crippen LogP contribution >= 0.6 is 46.4 Å². The topological polar surface area (TPSA) is 0 Å². The third-order valence-electron chi connectivity index (χ3n) is 5.48. The summed E-state index contributed by atoms with van der Waals surface area (Å²) in [6.07, 6.45) is -1.51. The van der Waals surface area contributed by atoms with Crippen molar-refractivity contribution in [1.82, 2.24) is 0 Å². The summed E-state index contributed by atoms with van der Waals surface area (Å²) in [6.45, 7) is 0. The summed E-state index contributed by atoms with van der Waals surface area (Å²) in [7, 11) is 0. The van der Waals surface area contributed by atoms with Crippen LogP contribution in [0.5, 0.6) is 0 Å². The van der Waals surface area contributed by atoms with Gasteiger partial charge >= 0.3 is 51.4 Å². The molecule has 30 heavy (non-hydrogen) atoms. The van der Waals surface area contributed by atoms with Crippen molar-refractivity contribution in [2.45, 2.75) is 0 Å². The van der Waals surface area contributed by atoms with E-state index < -0.39 is 6.15 Å². The Morgan fingerprint density at radius 2 is 0.500 bits per heavy atom. The van der Waals surface area contributed by atoms with Crippen LogP contribution < -0.4 is 21.9 Å². The van der Waals surface area contributed by atoms with Crippen LogP contribution in [0.1, 0.15) is 0 Å². The van der Waals surface area contributed by atoms with Crippen molar-refractivity contribution in [1.29, 1.82) is 0 Å². The molecule has 0 radical (unpaired) electrons. The van der Waals surface area contributed by atoms with Crippen LogP contribution in [-0.4, -0.2) is 57.5 Å². The first-order valence-electron chi connectivity index (χ1n) is 9.20. The Morgan fingerprint density at radius 1 is 0.333 bits per heavy atom.